The molecule has 1 N–H and O–H groups in total. The van der Waals surface area contributed by atoms with Crippen molar-refractivity contribution in [1.82, 2.24) is 4.31 Å². The largest absolute Gasteiger partial charge is 0.335 e. The van der Waals surface area contributed by atoms with Gasteiger partial charge in [0.05, 0.1) is 37.6 Å². The average molecular weight is 360 g/mol. The molecule has 1 aliphatic rings. The number of piperazine rings is 1. The predicted octanol–water partition coefficient (Wildman–Crippen LogP) is 1.87. The normalized spacial score (nSPS) is 22.1. The molecule has 3 rings (SSSR count). The number of nitrogens with zero attached hydrogens (tertiary/aromatic N) is 1. The van der Waals surface area contributed by atoms with E-state index in [1.165, 1.54) is 4.90 Å². The van der Waals surface area contributed by atoms with Gasteiger partial charge < -0.3 is 4.90 Å². The molecule has 0 bridgehead atoms. The molecule has 2 aromatic carbocycles. The fourth-order valence-electron chi connectivity index (χ4n) is 3.93. The Bertz CT molecular complexity index is 840. The second kappa shape index (κ2) is 6.90. The first-order chi connectivity index (χ1) is 11.8. The van der Waals surface area contributed by atoms with Gasteiger partial charge in [-0.2, -0.15) is 4.31 Å². The highest BCUT2D eigenvalue weighted by atomic mass is 32.2. The van der Waals surface area contributed by atoms with Crippen molar-refractivity contribution in [3.8, 4) is 0 Å². The van der Waals surface area contributed by atoms with Crippen LogP contribution in [0.3, 0.4) is 0 Å². The zero-order valence-corrected chi connectivity index (χ0v) is 16.2. The van der Waals surface area contributed by atoms with Crippen LogP contribution in [0, 0.1) is 20.8 Å². The van der Waals surface area contributed by atoms with Crippen molar-refractivity contribution in [2.75, 3.05) is 26.7 Å². The van der Waals surface area contributed by atoms with Crippen molar-refractivity contribution < 1.29 is 13.3 Å². The van der Waals surface area contributed by atoms with Crippen molar-refractivity contribution in [3.63, 3.8) is 0 Å². The molecule has 0 amide bonds. The van der Waals surface area contributed by atoms with Gasteiger partial charge in [0.1, 0.15) is 0 Å². The molecule has 4 nitrogen and oxygen atoms in total. The van der Waals surface area contributed by atoms with E-state index in [2.05, 4.69) is 7.05 Å². The monoisotopic (exact) mass is 359 g/mol. The molecule has 2 atom stereocenters. The van der Waals surface area contributed by atoms with Crippen LogP contribution < -0.4 is 4.90 Å². The number of hydrogen-bond donors (Lipinski definition) is 1. The molecule has 25 heavy (non-hydrogen) atoms. The zero-order chi connectivity index (χ0) is 18.2. The summed E-state index contributed by atoms with van der Waals surface area (Å²) in [5.74, 6) is 0. The topological polar surface area (TPSA) is 41.8 Å². The van der Waals surface area contributed by atoms with Gasteiger partial charge in [-0.25, -0.2) is 8.42 Å². The highest BCUT2D eigenvalue weighted by Crippen LogP contribution is 2.31. The molecule has 1 heterocycles. The van der Waals surface area contributed by atoms with Crippen LogP contribution in [0.15, 0.2) is 47.4 Å². The summed E-state index contributed by atoms with van der Waals surface area (Å²) in [6, 6.07) is 13.8. The van der Waals surface area contributed by atoms with E-state index in [-0.39, 0.29) is 6.04 Å². The first-order valence-corrected chi connectivity index (χ1v) is 10.2. The summed E-state index contributed by atoms with van der Waals surface area (Å²) in [6.07, 6.45) is 0. The third kappa shape index (κ3) is 3.50. The second-order valence-corrected chi connectivity index (χ2v) is 9.01. The lowest BCUT2D eigenvalue weighted by Crippen LogP contribution is -3.12. The summed E-state index contributed by atoms with van der Waals surface area (Å²) in [4.78, 5) is 1.83. The third-order valence-corrected chi connectivity index (χ3v) is 7.22. The average Bonchev–Trinajstić information content (AvgIpc) is 2.54. The molecule has 2 aromatic rings. The van der Waals surface area contributed by atoms with Gasteiger partial charge in [0.25, 0.3) is 0 Å². The summed E-state index contributed by atoms with van der Waals surface area (Å²) in [7, 11) is -1.41. The molecular weight excluding hydrogens is 332 g/mol. The minimum Gasteiger partial charge on any atom is -0.335 e. The predicted molar refractivity (Wildman–Crippen MR) is 100 cm³/mol. The number of aryl methyl sites for hydroxylation is 3. The van der Waals surface area contributed by atoms with Crippen LogP contribution in [0.1, 0.15) is 28.3 Å². The first kappa shape index (κ1) is 18.1. The van der Waals surface area contributed by atoms with Gasteiger partial charge in [0, 0.05) is 0 Å². The third-order valence-electron chi connectivity index (χ3n) is 5.00. The Morgan fingerprint density at radius 2 is 1.64 bits per heavy atom. The standard InChI is InChI=1S/C20H26N2O2S/c1-15-12-16(2)20(17(3)13-15)25(23,24)22-11-10-21(4)14-19(22)18-8-6-5-7-9-18/h5-9,12-13,19H,10-11,14H2,1-4H3/p+1/t19-/m1/s1. The van der Waals surface area contributed by atoms with Crippen LogP contribution in [0.2, 0.25) is 0 Å². The van der Waals surface area contributed by atoms with Crippen LogP contribution in [0.4, 0.5) is 0 Å². The van der Waals surface area contributed by atoms with Crippen molar-refractivity contribution in [1.29, 1.82) is 0 Å². The van der Waals surface area contributed by atoms with E-state index in [9.17, 15) is 8.42 Å². The molecule has 1 aliphatic heterocycles. The molecule has 0 spiro atoms. The Morgan fingerprint density at radius 3 is 2.24 bits per heavy atom. The number of benzene rings is 2. The second-order valence-electron chi connectivity index (χ2n) is 7.18. The molecule has 134 valence electrons. The maximum atomic E-state index is 13.5. The Kier molecular flexibility index (Phi) is 5.00. The fraction of sp³-hybridized carbons (Fsp3) is 0.400. The van der Waals surface area contributed by atoms with E-state index >= 15 is 0 Å². The van der Waals surface area contributed by atoms with E-state index in [4.69, 9.17) is 0 Å². The summed E-state index contributed by atoms with van der Waals surface area (Å²) in [5.41, 5.74) is 3.81. The van der Waals surface area contributed by atoms with Gasteiger partial charge in [-0.3, -0.25) is 0 Å². The lowest BCUT2D eigenvalue weighted by Gasteiger charge is -2.37. The molecule has 0 aromatic heterocycles. The van der Waals surface area contributed by atoms with Crippen molar-refractivity contribution in [3.05, 3.63) is 64.7 Å². The van der Waals surface area contributed by atoms with Gasteiger partial charge in [-0.1, -0.05) is 48.0 Å². The van der Waals surface area contributed by atoms with Crippen LogP contribution in [0.5, 0.6) is 0 Å². The summed E-state index contributed by atoms with van der Waals surface area (Å²) < 4.78 is 28.8. The summed E-state index contributed by atoms with van der Waals surface area (Å²) in [5, 5.41) is 0. The van der Waals surface area contributed by atoms with E-state index in [1.54, 1.807) is 4.31 Å². The van der Waals surface area contributed by atoms with Crippen LogP contribution in [-0.4, -0.2) is 39.4 Å². The highest BCUT2D eigenvalue weighted by molar-refractivity contribution is 7.89. The van der Waals surface area contributed by atoms with Gasteiger partial charge in [0.15, 0.2) is 0 Å². The Labute approximate surface area is 151 Å². The maximum Gasteiger partial charge on any atom is 0.244 e. The minimum atomic E-state index is -3.54. The first-order valence-electron chi connectivity index (χ1n) is 8.76. The zero-order valence-electron chi connectivity index (χ0n) is 15.4. The lowest BCUT2D eigenvalue weighted by molar-refractivity contribution is -0.887. The smallest absolute Gasteiger partial charge is 0.244 e. The Hall–Kier alpha value is -1.69. The Morgan fingerprint density at radius 1 is 1.04 bits per heavy atom. The van der Waals surface area contributed by atoms with Gasteiger partial charge in [-0.05, 0) is 37.5 Å². The quantitative estimate of drug-likeness (QED) is 0.909. The van der Waals surface area contributed by atoms with Crippen molar-refractivity contribution in [2.24, 2.45) is 0 Å². The van der Waals surface area contributed by atoms with E-state index < -0.39 is 10.0 Å². The molecule has 1 fully saturated rings. The lowest BCUT2D eigenvalue weighted by atomic mass is 10.1. The van der Waals surface area contributed by atoms with Crippen molar-refractivity contribution >= 4 is 10.0 Å². The van der Waals surface area contributed by atoms with Crippen LogP contribution in [-0.2, 0) is 10.0 Å². The van der Waals surface area contributed by atoms with E-state index in [0.717, 1.165) is 35.3 Å². The number of rotatable bonds is 3. The molecule has 0 saturated carbocycles. The maximum absolute atomic E-state index is 13.5. The van der Waals surface area contributed by atoms with E-state index in [0.29, 0.717) is 11.4 Å². The summed E-state index contributed by atoms with van der Waals surface area (Å²) >= 11 is 0. The number of nitrogens with one attached hydrogen (secondary N) is 1. The number of likely N-dealkylation sites (N-methyl/N-ethyl adjacent to an activating group) is 1. The van der Waals surface area contributed by atoms with Crippen LogP contribution in [0.25, 0.3) is 0 Å². The molecule has 0 radical (unpaired) electrons. The Balaban J connectivity index is 2.09. The molecular formula is C20H27N2O2S+. The van der Waals surface area contributed by atoms with Gasteiger partial charge in [0.2, 0.25) is 10.0 Å². The number of hydrogen-bond acceptors (Lipinski definition) is 2. The summed E-state index contributed by atoms with van der Waals surface area (Å²) in [6.45, 7) is 7.94. The minimum absolute atomic E-state index is 0.125. The molecule has 1 unspecified atom stereocenters. The molecule has 5 heteroatoms. The number of sulfonamides is 1. The molecule has 0 aliphatic carbocycles. The number of quaternary nitrogens is 1. The molecule has 1 saturated heterocycles. The van der Waals surface area contributed by atoms with Crippen LogP contribution >= 0.6 is 0 Å². The van der Waals surface area contributed by atoms with Crippen molar-refractivity contribution in [2.45, 2.75) is 31.7 Å². The fourth-order valence-corrected chi connectivity index (χ4v) is 5.96. The van der Waals surface area contributed by atoms with Gasteiger partial charge in [-0.15, -0.1) is 0 Å². The highest BCUT2D eigenvalue weighted by Gasteiger charge is 2.39. The van der Waals surface area contributed by atoms with Gasteiger partial charge >= 0.3 is 0 Å². The SMILES string of the molecule is Cc1cc(C)c(S(=O)(=O)N2CC[NH+](C)C[C@@H]2c2ccccc2)c(C)c1. The van der Waals surface area contributed by atoms with E-state index in [1.807, 2.05) is 63.2 Å².